The standard InChI is InChI=1S/C15H15FN2O2/c1-9-6-7-13(11(16)8-9)18-15(19)10-4-3-5-12(17)14(10)20-2/h3-8H,17H2,1-2H3,(H,18,19). The SMILES string of the molecule is COc1c(N)cccc1C(=O)Nc1ccc(C)cc1F. The highest BCUT2D eigenvalue weighted by Gasteiger charge is 2.15. The number of para-hydroxylation sites is 1. The number of hydrogen-bond acceptors (Lipinski definition) is 3. The van der Waals surface area contributed by atoms with E-state index < -0.39 is 11.7 Å². The Labute approximate surface area is 116 Å². The number of nitrogens with two attached hydrogens (primary N) is 1. The summed E-state index contributed by atoms with van der Waals surface area (Å²) in [5.74, 6) is -0.685. The fraction of sp³-hybridized carbons (Fsp3) is 0.133. The molecule has 1 amide bonds. The summed E-state index contributed by atoms with van der Waals surface area (Å²) in [5.41, 5.74) is 7.24. The number of rotatable bonds is 3. The highest BCUT2D eigenvalue weighted by Crippen LogP contribution is 2.27. The molecule has 0 aliphatic heterocycles. The van der Waals surface area contributed by atoms with Crippen LogP contribution in [-0.4, -0.2) is 13.0 Å². The van der Waals surface area contributed by atoms with Crippen LogP contribution < -0.4 is 15.8 Å². The number of carbonyl (C=O) groups is 1. The molecule has 4 nitrogen and oxygen atoms in total. The lowest BCUT2D eigenvalue weighted by atomic mass is 10.1. The van der Waals surface area contributed by atoms with Crippen LogP contribution in [-0.2, 0) is 0 Å². The Morgan fingerprint density at radius 1 is 1.30 bits per heavy atom. The largest absolute Gasteiger partial charge is 0.494 e. The molecule has 3 N–H and O–H groups in total. The molecule has 104 valence electrons. The van der Waals surface area contributed by atoms with Gasteiger partial charge in [-0.15, -0.1) is 0 Å². The number of halogens is 1. The Morgan fingerprint density at radius 3 is 2.70 bits per heavy atom. The number of amides is 1. The van der Waals surface area contributed by atoms with Gasteiger partial charge in [0.2, 0.25) is 0 Å². The van der Waals surface area contributed by atoms with Crippen LogP contribution in [0.15, 0.2) is 36.4 Å². The van der Waals surface area contributed by atoms with Crippen molar-refractivity contribution in [2.24, 2.45) is 0 Å². The van der Waals surface area contributed by atoms with Crippen molar-refractivity contribution >= 4 is 17.3 Å². The van der Waals surface area contributed by atoms with Gasteiger partial charge in [0.15, 0.2) is 5.75 Å². The summed E-state index contributed by atoms with van der Waals surface area (Å²) >= 11 is 0. The molecule has 0 heterocycles. The molecule has 2 aromatic rings. The third kappa shape index (κ3) is 2.71. The van der Waals surface area contributed by atoms with Crippen LogP contribution in [0.2, 0.25) is 0 Å². The Hall–Kier alpha value is -2.56. The van der Waals surface area contributed by atoms with Gasteiger partial charge in [-0.3, -0.25) is 4.79 Å². The van der Waals surface area contributed by atoms with Crippen molar-refractivity contribution in [1.29, 1.82) is 0 Å². The molecular weight excluding hydrogens is 259 g/mol. The average molecular weight is 274 g/mol. The second-order valence-electron chi connectivity index (χ2n) is 4.37. The Bertz CT molecular complexity index is 656. The van der Waals surface area contributed by atoms with Crippen molar-refractivity contribution in [2.45, 2.75) is 6.92 Å². The second kappa shape index (κ2) is 5.61. The van der Waals surface area contributed by atoms with Gasteiger partial charge in [-0.05, 0) is 36.8 Å². The van der Waals surface area contributed by atoms with Gasteiger partial charge in [0, 0.05) is 0 Å². The summed E-state index contributed by atoms with van der Waals surface area (Å²) in [6.07, 6.45) is 0. The van der Waals surface area contributed by atoms with E-state index in [9.17, 15) is 9.18 Å². The van der Waals surface area contributed by atoms with Gasteiger partial charge in [0.25, 0.3) is 5.91 Å². The van der Waals surface area contributed by atoms with E-state index in [2.05, 4.69) is 5.32 Å². The predicted molar refractivity (Wildman–Crippen MR) is 76.5 cm³/mol. The minimum absolute atomic E-state index is 0.116. The zero-order valence-corrected chi connectivity index (χ0v) is 11.2. The first-order valence-corrected chi connectivity index (χ1v) is 6.03. The molecule has 0 radical (unpaired) electrons. The van der Waals surface area contributed by atoms with Crippen LogP contribution >= 0.6 is 0 Å². The number of benzene rings is 2. The van der Waals surface area contributed by atoms with E-state index in [-0.39, 0.29) is 17.0 Å². The summed E-state index contributed by atoms with van der Waals surface area (Å²) in [4.78, 5) is 12.2. The first kappa shape index (κ1) is 13.9. The van der Waals surface area contributed by atoms with Gasteiger partial charge in [-0.2, -0.15) is 0 Å². The van der Waals surface area contributed by atoms with E-state index in [0.717, 1.165) is 5.56 Å². The monoisotopic (exact) mass is 274 g/mol. The molecule has 0 bridgehead atoms. The molecule has 0 spiro atoms. The van der Waals surface area contributed by atoms with Gasteiger partial charge in [-0.25, -0.2) is 4.39 Å². The van der Waals surface area contributed by atoms with E-state index in [1.165, 1.54) is 19.2 Å². The lowest BCUT2D eigenvalue weighted by Gasteiger charge is -2.11. The molecule has 0 unspecified atom stereocenters. The molecule has 5 heteroatoms. The molecule has 2 aromatic carbocycles. The van der Waals surface area contributed by atoms with Gasteiger partial charge in [0.1, 0.15) is 5.82 Å². The van der Waals surface area contributed by atoms with E-state index >= 15 is 0 Å². The molecule has 0 aliphatic rings. The number of carbonyl (C=O) groups excluding carboxylic acids is 1. The molecule has 0 atom stereocenters. The van der Waals surface area contributed by atoms with Crippen molar-refractivity contribution in [3.8, 4) is 5.75 Å². The molecule has 20 heavy (non-hydrogen) atoms. The Kier molecular flexibility index (Phi) is 3.89. The smallest absolute Gasteiger partial charge is 0.259 e. The molecule has 0 saturated carbocycles. The number of nitrogens with one attached hydrogen (secondary N) is 1. The number of nitrogen functional groups attached to an aromatic ring is 1. The molecule has 0 aromatic heterocycles. The number of hydrogen-bond donors (Lipinski definition) is 2. The lowest BCUT2D eigenvalue weighted by Crippen LogP contribution is -2.15. The van der Waals surface area contributed by atoms with Crippen molar-refractivity contribution in [1.82, 2.24) is 0 Å². The minimum atomic E-state index is -0.485. The van der Waals surface area contributed by atoms with Crippen LogP contribution in [0.1, 0.15) is 15.9 Å². The Balaban J connectivity index is 2.31. The fourth-order valence-corrected chi connectivity index (χ4v) is 1.87. The van der Waals surface area contributed by atoms with Crippen molar-refractivity contribution < 1.29 is 13.9 Å². The van der Waals surface area contributed by atoms with E-state index in [4.69, 9.17) is 10.5 Å². The second-order valence-corrected chi connectivity index (χ2v) is 4.37. The van der Waals surface area contributed by atoms with Crippen LogP contribution in [0.4, 0.5) is 15.8 Å². The lowest BCUT2D eigenvalue weighted by molar-refractivity contribution is 0.102. The fourth-order valence-electron chi connectivity index (χ4n) is 1.87. The van der Waals surface area contributed by atoms with Crippen molar-refractivity contribution in [3.63, 3.8) is 0 Å². The zero-order chi connectivity index (χ0) is 14.7. The first-order valence-electron chi connectivity index (χ1n) is 6.03. The van der Waals surface area contributed by atoms with Crippen LogP contribution in [0.5, 0.6) is 5.75 Å². The zero-order valence-electron chi connectivity index (χ0n) is 11.2. The molecule has 0 saturated heterocycles. The van der Waals surface area contributed by atoms with Crippen molar-refractivity contribution in [3.05, 3.63) is 53.3 Å². The maximum absolute atomic E-state index is 13.7. The van der Waals surface area contributed by atoms with E-state index in [1.54, 1.807) is 31.2 Å². The molecule has 0 fully saturated rings. The summed E-state index contributed by atoms with van der Waals surface area (Å²) < 4.78 is 18.8. The quantitative estimate of drug-likeness (QED) is 0.846. The predicted octanol–water partition coefficient (Wildman–Crippen LogP) is 2.98. The normalized spacial score (nSPS) is 10.2. The van der Waals surface area contributed by atoms with Crippen LogP contribution in [0.3, 0.4) is 0 Å². The maximum Gasteiger partial charge on any atom is 0.259 e. The number of anilines is 2. The van der Waals surface area contributed by atoms with Gasteiger partial charge >= 0.3 is 0 Å². The third-order valence-corrected chi connectivity index (χ3v) is 2.87. The summed E-state index contributed by atoms with van der Waals surface area (Å²) in [7, 11) is 1.43. The van der Waals surface area contributed by atoms with E-state index in [0.29, 0.717) is 5.69 Å². The number of ether oxygens (including phenoxy) is 1. The highest BCUT2D eigenvalue weighted by molar-refractivity contribution is 6.07. The topological polar surface area (TPSA) is 64.3 Å². The van der Waals surface area contributed by atoms with Crippen molar-refractivity contribution in [2.75, 3.05) is 18.2 Å². The molecule has 2 rings (SSSR count). The third-order valence-electron chi connectivity index (χ3n) is 2.87. The highest BCUT2D eigenvalue weighted by atomic mass is 19.1. The van der Waals surface area contributed by atoms with Gasteiger partial charge in [-0.1, -0.05) is 12.1 Å². The van der Waals surface area contributed by atoms with Gasteiger partial charge < -0.3 is 15.8 Å². The summed E-state index contributed by atoms with van der Waals surface area (Å²) in [6.45, 7) is 1.77. The van der Waals surface area contributed by atoms with Crippen LogP contribution in [0.25, 0.3) is 0 Å². The first-order chi connectivity index (χ1) is 9.52. The van der Waals surface area contributed by atoms with Gasteiger partial charge in [0.05, 0.1) is 24.0 Å². The Morgan fingerprint density at radius 2 is 2.05 bits per heavy atom. The molecular formula is C15H15FN2O2. The number of methoxy groups -OCH3 is 1. The summed E-state index contributed by atoms with van der Waals surface area (Å²) in [5, 5.41) is 2.51. The number of aryl methyl sites for hydroxylation is 1. The average Bonchev–Trinajstić information content (AvgIpc) is 2.41. The maximum atomic E-state index is 13.7. The van der Waals surface area contributed by atoms with E-state index in [1.807, 2.05) is 0 Å². The minimum Gasteiger partial charge on any atom is -0.494 e. The summed E-state index contributed by atoms with van der Waals surface area (Å²) in [6, 6.07) is 9.42. The van der Waals surface area contributed by atoms with Crippen LogP contribution in [0, 0.1) is 12.7 Å². The molecule has 0 aliphatic carbocycles.